The predicted molar refractivity (Wildman–Crippen MR) is 220 cm³/mol. The minimum atomic E-state index is -2.94. The van der Waals surface area contributed by atoms with Crippen LogP contribution < -0.4 is 20.8 Å². The maximum absolute atomic E-state index is 14.5. The van der Waals surface area contributed by atoms with Gasteiger partial charge in [-0.1, -0.05) is 79.0 Å². The lowest BCUT2D eigenvalue weighted by molar-refractivity contribution is -0.152. The van der Waals surface area contributed by atoms with Crippen LogP contribution in [0.15, 0.2) is 36.4 Å². The second kappa shape index (κ2) is 19.0. The number of hydrazine groups is 1. The summed E-state index contributed by atoms with van der Waals surface area (Å²) in [6.45, 7) is 12.2. The molecule has 0 bridgehead atoms. The van der Waals surface area contributed by atoms with Crippen molar-refractivity contribution in [3.05, 3.63) is 47.7 Å². The van der Waals surface area contributed by atoms with E-state index >= 15 is 0 Å². The Hall–Kier alpha value is -2.95. The molecule has 4 N–H and O–H groups in total. The summed E-state index contributed by atoms with van der Waals surface area (Å²) in [5.41, 5.74) is 3.50. The molecular formula is C39H53Cl3F2N6O6S. The van der Waals surface area contributed by atoms with Crippen LogP contribution in [-0.4, -0.2) is 83.6 Å². The van der Waals surface area contributed by atoms with Gasteiger partial charge in [-0.25, -0.2) is 23.1 Å². The summed E-state index contributed by atoms with van der Waals surface area (Å²) < 4.78 is 47.6. The van der Waals surface area contributed by atoms with Crippen molar-refractivity contribution in [3.8, 4) is 0 Å². The standard InChI is InChI=1S/C39H53Cl3F2N6O6S/c1-23(2)31(32(51)45-25(4)33(52)50-20-8-9-29(48-50)34(53)56-22-39(40,41)42)47-35(54)37(16-18-38(43,44)19-17-37)15-14-26-10-11-27-12-13-28(46-30(27)21-26)24(3)49-57(55)36(5,6)7/h10-15,21,23-25,29,31,48-49H,8-9,16-20,22H2,1-7H3,(H,45,51)(H,47,54). The van der Waals surface area contributed by atoms with Crippen LogP contribution in [0.4, 0.5) is 8.78 Å². The van der Waals surface area contributed by atoms with Crippen molar-refractivity contribution in [1.29, 1.82) is 0 Å². The minimum absolute atomic E-state index is 0.153. The van der Waals surface area contributed by atoms with Crippen LogP contribution in [0.5, 0.6) is 0 Å². The van der Waals surface area contributed by atoms with Gasteiger partial charge in [-0.15, -0.1) is 0 Å². The number of carbonyl (C=O) groups is 4. The summed E-state index contributed by atoms with van der Waals surface area (Å²) >= 11 is 17.0. The molecule has 1 aliphatic carbocycles. The van der Waals surface area contributed by atoms with Gasteiger partial charge in [0.2, 0.25) is 21.5 Å². The number of rotatable bonds is 13. The van der Waals surface area contributed by atoms with Gasteiger partial charge in [0.25, 0.3) is 5.91 Å². The number of ether oxygens (including phenoxy) is 1. The number of hydrogen-bond donors (Lipinski definition) is 4. The molecule has 18 heteroatoms. The van der Waals surface area contributed by atoms with Crippen molar-refractivity contribution in [2.24, 2.45) is 11.3 Å². The van der Waals surface area contributed by atoms with Gasteiger partial charge in [0.1, 0.15) is 24.7 Å². The average Bonchev–Trinajstić information content (AvgIpc) is 3.14. The number of amides is 3. The third kappa shape index (κ3) is 13.0. The van der Waals surface area contributed by atoms with Crippen LogP contribution in [0.25, 0.3) is 17.0 Å². The minimum Gasteiger partial charge on any atom is -0.460 e. The van der Waals surface area contributed by atoms with Gasteiger partial charge in [-0.2, -0.15) is 0 Å². The molecule has 4 rings (SSSR count). The highest BCUT2D eigenvalue weighted by Gasteiger charge is 2.47. The maximum atomic E-state index is 14.5. The van der Waals surface area contributed by atoms with Gasteiger partial charge in [-0.05, 0) is 83.9 Å². The SMILES string of the molecule is CC(NC(=O)C(NC(=O)C1(C=Cc2ccc3ccc(C(C)NS(=O)C(C)(C)C)nc3c2)CCC(F)(F)CC1)C(C)C)C(=O)N1CCCC(C(=O)OCC(Cl)(Cl)Cl)N1. The molecule has 316 valence electrons. The topological polar surface area (TPSA) is 159 Å². The number of nitrogens with zero attached hydrogens (tertiary/aromatic N) is 2. The summed E-state index contributed by atoms with van der Waals surface area (Å²) in [6, 6.07) is 5.98. The van der Waals surface area contributed by atoms with E-state index < -0.39 is 98.0 Å². The number of fused-ring (bicyclic) bond motifs is 1. The van der Waals surface area contributed by atoms with Gasteiger partial charge in [0, 0.05) is 24.8 Å². The van der Waals surface area contributed by atoms with E-state index in [4.69, 9.17) is 44.5 Å². The Balaban J connectivity index is 1.48. The molecule has 1 saturated heterocycles. The second-order valence-electron chi connectivity index (χ2n) is 16.2. The van der Waals surface area contributed by atoms with Crippen LogP contribution in [-0.2, 0) is 34.9 Å². The lowest BCUT2D eigenvalue weighted by atomic mass is 9.71. The van der Waals surface area contributed by atoms with Crippen LogP contribution in [0.3, 0.4) is 0 Å². The highest BCUT2D eigenvalue weighted by molar-refractivity contribution is 7.84. The zero-order chi connectivity index (χ0) is 42.5. The van der Waals surface area contributed by atoms with E-state index in [9.17, 15) is 32.2 Å². The van der Waals surface area contributed by atoms with Crippen molar-refractivity contribution in [3.63, 3.8) is 0 Å². The molecule has 2 fully saturated rings. The molecule has 1 aromatic heterocycles. The lowest BCUT2D eigenvalue weighted by Crippen LogP contribution is -2.61. The van der Waals surface area contributed by atoms with E-state index in [0.717, 1.165) is 5.39 Å². The molecule has 1 saturated carbocycles. The van der Waals surface area contributed by atoms with E-state index in [1.54, 1.807) is 26.0 Å². The number of pyridine rings is 1. The molecule has 57 heavy (non-hydrogen) atoms. The van der Waals surface area contributed by atoms with Gasteiger partial charge in [-0.3, -0.25) is 29.2 Å². The molecule has 0 radical (unpaired) electrons. The fourth-order valence-corrected chi connectivity index (χ4v) is 7.43. The molecule has 2 aliphatic rings. The Morgan fingerprint density at radius 1 is 1.04 bits per heavy atom. The summed E-state index contributed by atoms with van der Waals surface area (Å²) in [4.78, 5) is 58.5. The van der Waals surface area contributed by atoms with Crippen LogP contribution in [0.1, 0.15) is 104 Å². The zero-order valence-electron chi connectivity index (χ0n) is 33.2. The van der Waals surface area contributed by atoms with Crippen molar-refractivity contribution in [2.45, 2.75) is 126 Å². The Morgan fingerprint density at radius 3 is 2.30 bits per heavy atom. The van der Waals surface area contributed by atoms with Crippen molar-refractivity contribution in [1.82, 2.24) is 30.8 Å². The van der Waals surface area contributed by atoms with Gasteiger partial charge in [0.15, 0.2) is 0 Å². The molecule has 2 heterocycles. The summed E-state index contributed by atoms with van der Waals surface area (Å²) in [7, 11) is -1.31. The van der Waals surface area contributed by atoms with Crippen molar-refractivity contribution < 1.29 is 36.9 Å². The first-order chi connectivity index (χ1) is 26.4. The van der Waals surface area contributed by atoms with Crippen molar-refractivity contribution >= 4 is 86.5 Å². The zero-order valence-corrected chi connectivity index (χ0v) is 36.3. The molecule has 12 nitrogen and oxygen atoms in total. The molecule has 5 unspecified atom stereocenters. The van der Waals surface area contributed by atoms with E-state index in [1.165, 1.54) is 11.9 Å². The monoisotopic (exact) mass is 876 g/mol. The first-order valence-electron chi connectivity index (χ1n) is 19.0. The fraction of sp³-hybridized carbons (Fsp3) is 0.615. The number of hydrogen-bond acceptors (Lipinski definition) is 8. The van der Waals surface area contributed by atoms with Crippen LogP contribution in [0.2, 0.25) is 0 Å². The summed E-state index contributed by atoms with van der Waals surface area (Å²) in [5.74, 6) is -5.83. The third-order valence-corrected chi connectivity index (χ3v) is 12.0. The van der Waals surface area contributed by atoms with Crippen LogP contribution in [0, 0.1) is 11.3 Å². The fourth-order valence-electron chi connectivity index (χ4n) is 6.47. The predicted octanol–water partition coefficient (Wildman–Crippen LogP) is 6.61. The van der Waals surface area contributed by atoms with Gasteiger partial charge in [0.05, 0.1) is 38.4 Å². The number of alkyl halides is 5. The van der Waals surface area contributed by atoms with E-state index in [-0.39, 0.29) is 25.4 Å². The molecular weight excluding hydrogens is 825 g/mol. The van der Waals surface area contributed by atoms with E-state index in [1.807, 2.05) is 58.0 Å². The first-order valence-corrected chi connectivity index (χ1v) is 21.3. The summed E-state index contributed by atoms with van der Waals surface area (Å²) in [5, 5.41) is 7.56. The third-order valence-electron chi connectivity index (χ3n) is 10.0. The Labute approximate surface area is 350 Å². The average molecular weight is 878 g/mol. The number of benzene rings is 1. The normalized spacial score (nSPS) is 20.8. The molecule has 2 aromatic rings. The van der Waals surface area contributed by atoms with E-state index in [0.29, 0.717) is 29.6 Å². The Bertz CT molecular complexity index is 1850. The molecule has 0 spiro atoms. The summed E-state index contributed by atoms with van der Waals surface area (Å²) in [6.07, 6.45) is 2.84. The number of carbonyl (C=O) groups excluding carboxylic acids is 4. The highest BCUT2D eigenvalue weighted by Crippen LogP contribution is 2.45. The van der Waals surface area contributed by atoms with E-state index in [2.05, 4.69) is 20.8 Å². The largest absolute Gasteiger partial charge is 0.460 e. The number of aromatic nitrogens is 1. The number of esters is 1. The Morgan fingerprint density at radius 2 is 1.68 bits per heavy atom. The smallest absolute Gasteiger partial charge is 0.325 e. The maximum Gasteiger partial charge on any atom is 0.325 e. The number of nitrogens with one attached hydrogen (secondary N) is 4. The molecule has 1 aromatic carbocycles. The lowest BCUT2D eigenvalue weighted by Gasteiger charge is -2.38. The van der Waals surface area contributed by atoms with Gasteiger partial charge >= 0.3 is 5.97 Å². The molecule has 5 atom stereocenters. The molecule has 1 aliphatic heterocycles. The highest BCUT2D eigenvalue weighted by atomic mass is 35.6. The number of halogens is 5. The first kappa shape index (κ1) is 46.7. The van der Waals surface area contributed by atoms with Crippen LogP contribution >= 0.6 is 34.8 Å². The van der Waals surface area contributed by atoms with Crippen molar-refractivity contribution in [2.75, 3.05) is 13.2 Å². The Kier molecular flexibility index (Phi) is 15.6. The van der Waals surface area contributed by atoms with Gasteiger partial charge < -0.3 is 15.4 Å². The second-order valence-corrected chi connectivity index (χ2v) is 20.7. The molecule has 3 amide bonds. The quantitative estimate of drug-likeness (QED) is 0.129.